The molecule has 0 aromatic heterocycles. The number of carbonyl (C=O) groups excluding carboxylic acids is 7. The third kappa shape index (κ3) is 11.0. The number of benzene rings is 2. The Labute approximate surface area is 366 Å². The van der Waals surface area contributed by atoms with Crippen molar-refractivity contribution >= 4 is 41.5 Å². The Bertz CT molecular complexity index is 1770. The van der Waals surface area contributed by atoms with E-state index in [4.69, 9.17) is 43.4 Å². The van der Waals surface area contributed by atoms with Gasteiger partial charge in [0.2, 0.25) is 0 Å². The second-order valence-corrected chi connectivity index (χ2v) is 12.7. The molecule has 4 aliphatic rings. The summed E-state index contributed by atoms with van der Waals surface area (Å²) in [7, 11) is 4.06. The number of ether oxygens (including phenoxy) is 7. The Morgan fingerprint density at radius 2 is 0.983 bits per heavy atom. The standard InChI is InChI=1S/C21H23NO10.C15H17NO7.2CH3O.Na/c1-10(23)29-9-15-17(30-11(2)24)18(31-12(3)25)16(21(28-4)32-15)22-19(26)13-7-5-6-8-14(13)20(22)27;1-22-15-10(12(19)11(18)9(6-17)23-15)16-13(20)7-4-2-3-5-8(7)14(16)21;2*1-2;/h5-8,15-18,21H,9H2,1-4H3;2-5,9-12,15,17-19H,6H2,1H3;2*1H3;/q;;2*-1;+1. The second kappa shape index (κ2) is 23.7. The number of esters is 3. The van der Waals surface area contributed by atoms with Crippen LogP contribution in [0.15, 0.2) is 48.5 Å². The summed E-state index contributed by atoms with van der Waals surface area (Å²) in [5, 5.41) is 46.1. The van der Waals surface area contributed by atoms with Gasteiger partial charge in [-0.1, -0.05) is 24.3 Å². The number of hydrogen-bond donors (Lipinski definition) is 3. The molecule has 0 spiro atoms. The zero-order valence-corrected chi connectivity index (χ0v) is 36.1. The summed E-state index contributed by atoms with van der Waals surface area (Å²) in [5.74, 6) is -4.56. The SMILES string of the molecule is COC1OC(CO)C(O)C(O)C1N1C(=O)c2ccccc2C1=O.COC1OC(COC(C)=O)C(OC(C)=O)C(OC(C)=O)C1N1C(=O)c2ccccc2C1=O.C[O-].C[O-].[Na+]. The van der Waals surface area contributed by atoms with Gasteiger partial charge >= 0.3 is 47.5 Å². The van der Waals surface area contributed by atoms with Crippen LogP contribution in [0.3, 0.4) is 0 Å². The van der Waals surface area contributed by atoms with Crippen LogP contribution in [-0.4, -0.2) is 170 Å². The Morgan fingerprint density at radius 3 is 1.35 bits per heavy atom. The zero-order valence-electron chi connectivity index (χ0n) is 34.1. The molecule has 3 N–H and O–H groups in total. The molecule has 0 radical (unpaired) electrons. The molecular formula is C38H46N2NaO19-. The molecule has 0 aliphatic carbocycles. The predicted octanol–water partition coefficient (Wildman–Crippen LogP) is -5.86. The average molecular weight is 858 g/mol. The number of aliphatic hydroxyl groups excluding tert-OH is 3. The number of carbonyl (C=O) groups is 7. The van der Waals surface area contributed by atoms with E-state index in [0.717, 1.165) is 37.9 Å². The zero-order chi connectivity index (χ0) is 44.3. The van der Waals surface area contributed by atoms with Crippen LogP contribution in [0, 0.1) is 0 Å². The molecule has 10 atom stereocenters. The van der Waals surface area contributed by atoms with Crippen molar-refractivity contribution in [3.05, 3.63) is 70.8 Å². The molecule has 2 saturated heterocycles. The van der Waals surface area contributed by atoms with Crippen molar-refractivity contribution in [2.45, 2.75) is 82.1 Å². The first kappa shape index (κ1) is 51.9. The number of amides is 4. The van der Waals surface area contributed by atoms with E-state index in [1.165, 1.54) is 45.4 Å². The molecule has 60 heavy (non-hydrogen) atoms. The van der Waals surface area contributed by atoms with Gasteiger partial charge in [-0.25, -0.2) is 0 Å². The van der Waals surface area contributed by atoms with Crippen molar-refractivity contribution in [3.63, 3.8) is 0 Å². The van der Waals surface area contributed by atoms with Gasteiger partial charge in [0.05, 0.1) is 28.9 Å². The summed E-state index contributed by atoms with van der Waals surface area (Å²) in [5.41, 5.74) is 0.775. The second-order valence-electron chi connectivity index (χ2n) is 12.7. The third-order valence-electron chi connectivity index (χ3n) is 9.23. The number of fused-ring (bicyclic) bond motifs is 2. The molecule has 2 fully saturated rings. The minimum absolute atomic E-state index is 0. The van der Waals surface area contributed by atoms with Crippen molar-refractivity contribution in [2.24, 2.45) is 0 Å². The number of aliphatic hydroxyl groups is 3. The minimum Gasteiger partial charge on any atom is -0.857 e. The number of imide groups is 2. The topological polar surface area (TPSA) is 297 Å². The maximum atomic E-state index is 13.1. The summed E-state index contributed by atoms with van der Waals surface area (Å²) in [4.78, 5) is 88.0. The van der Waals surface area contributed by atoms with Crippen molar-refractivity contribution in [1.82, 2.24) is 9.80 Å². The van der Waals surface area contributed by atoms with E-state index in [0.29, 0.717) is 0 Å². The minimum atomic E-state index is -1.51. The van der Waals surface area contributed by atoms with Crippen LogP contribution in [0.25, 0.3) is 0 Å². The van der Waals surface area contributed by atoms with Gasteiger partial charge < -0.3 is 58.7 Å². The fraction of sp³-hybridized carbons (Fsp3) is 0.500. The molecular weight excluding hydrogens is 811 g/mol. The molecule has 4 heterocycles. The van der Waals surface area contributed by atoms with Gasteiger partial charge in [-0.15, -0.1) is 0 Å². The van der Waals surface area contributed by atoms with Gasteiger partial charge in [-0.05, 0) is 24.3 Å². The van der Waals surface area contributed by atoms with Crippen LogP contribution in [0.4, 0.5) is 0 Å². The van der Waals surface area contributed by atoms with Crippen LogP contribution in [0.5, 0.6) is 0 Å². The van der Waals surface area contributed by atoms with E-state index in [9.17, 15) is 48.9 Å². The summed E-state index contributed by atoms with van der Waals surface area (Å²) >= 11 is 0. The molecule has 0 bridgehead atoms. The van der Waals surface area contributed by atoms with E-state index in [2.05, 4.69) is 0 Å². The summed E-state index contributed by atoms with van der Waals surface area (Å²) < 4.78 is 37.4. The molecule has 324 valence electrons. The first-order valence-electron chi connectivity index (χ1n) is 17.7. The van der Waals surface area contributed by atoms with Crippen molar-refractivity contribution in [3.8, 4) is 0 Å². The molecule has 2 aromatic rings. The van der Waals surface area contributed by atoms with E-state index < -0.39 is 109 Å². The first-order chi connectivity index (χ1) is 28.2. The molecule has 21 nitrogen and oxygen atoms in total. The van der Waals surface area contributed by atoms with Crippen LogP contribution in [0.1, 0.15) is 62.2 Å². The number of nitrogens with zero attached hydrogens (tertiary/aromatic N) is 2. The van der Waals surface area contributed by atoms with Gasteiger partial charge in [-0.2, -0.15) is 14.2 Å². The van der Waals surface area contributed by atoms with E-state index >= 15 is 0 Å². The Balaban J connectivity index is 0.000000391. The van der Waals surface area contributed by atoms with E-state index in [1.54, 1.807) is 24.3 Å². The fourth-order valence-corrected chi connectivity index (χ4v) is 6.85. The van der Waals surface area contributed by atoms with Gasteiger partial charge in [-0.3, -0.25) is 43.4 Å². The molecule has 22 heteroatoms. The van der Waals surface area contributed by atoms with E-state index in [1.807, 2.05) is 0 Å². The van der Waals surface area contributed by atoms with Gasteiger partial charge in [0.15, 0.2) is 24.8 Å². The molecule has 0 saturated carbocycles. The Hall–Kier alpha value is -4.23. The van der Waals surface area contributed by atoms with Crippen molar-refractivity contribution in [1.29, 1.82) is 0 Å². The summed E-state index contributed by atoms with van der Waals surface area (Å²) in [6.45, 7) is 2.56. The fourth-order valence-electron chi connectivity index (χ4n) is 6.85. The van der Waals surface area contributed by atoms with Crippen molar-refractivity contribution < 1.29 is 122 Å². The first-order valence-corrected chi connectivity index (χ1v) is 17.7. The predicted molar refractivity (Wildman–Crippen MR) is 191 cm³/mol. The molecule has 4 amide bonds. The normalized spacial score (nSPS) is 27.6. The summed E-state index contributed by atoms with van der Waals surface area (Å²) in [6, 6.07) is 10.00. The molecule has 10 unspecified atom stereocenters. The molecule has 4 aliphatic heterocycles. The maximum Gasteiger partial charge on any atom is 1.00 e. The average Bonchev–Trinajstić information content (AvgIpc) is 3.63. The smallest absolute Gasteiger partial charge is 0.857 e. The summed E-state index contributed by atoms with van der Waals surface area (Å²) in [6.07, 6.45) is -10.2. The van der Waals surface area contributed by atoms with Crippen LogP contribution < -0.4 is 39.8 Å². The Kier molecular flexibility index (Phi) is 20.5. The quantitative estimate of drug-likeness (QED) is 0.0916. The third-order valence-corrected chi connectivity index (χ3v) is 9.23. The van der Waals surface area contributed by atoms with Crippen LogP contribution in [-0.2, 0) is 47.5 Å². The number of hydrogen-bond acceptors (Lipinski definition) is 19. The number of methoxy groups -OCH3 is 2. The Morgan fingerprint density at radius 1 is 0.617 bits per heavy atom. The number of rotatable bonds is 9. The van der Waals surface area contributed by atoms with Crippen LogP contribution in [0.2, 0.25) is 0 Å². The van der Waals surface area contributed by atoms with Gasteiger partial charge in [0.1, 0.15) is 43.1 Å². The van der Waals surface area contributed by atoms with Crippen molar-refractivity contribution in [2.75, 3.05) is 41.7 Å². The maximum absolute atomic E-state index is 13.1. The van der Waals surface area contributed by atoms with Crippen LogP contribution >= 0.6 is 0 Å². The molecule has 2 aromatic carbocycles. The van der Waals surface area contributed by atoms with Gasteiger partial charge in [0, 0.05) is 35.0 Å². The largest absolute Gasteiger partial charge is 1.00 e. The van der Waals surface area contributed by atoms with E-state index in [-0.39, 0.29) is 58.4 Å². The monoisotopic (exact) mass is 857 g/mol. The molecule has 6 rings (SSSR count). The van der Waals surface area contributed by atoms with Gasteiger partial charge in [0.25, 0.3) is 23.6 Å².